The first kappa shape index (κ1) is 17.2. The lowest BCUT2D eigenvalue weighted by molar-refractivity contribution is 0.718. The highest BCUT2D eigenvalue weighted by Gasteiger charge is 2.24. The molecule has 130 valence electrons. The fourth-order valence-corrected chi connectivity index (χ4v) is 4.20. The van der Waals surface area contributed by atoms with Gasteiger partial charge in [-0.25, -0.2) is 9.97 Å². The average Bonchev–Trinajstić information content (AvgIpc) is 3.31. The van der Waals surface area contributed by atoms with E-state index < -0.39 is 0 Å². The van der Waals surface area contributed by atoms with Crippen LogP contribution in [0.5, 0.6) is 0 Å². The third kappa shape index (κ3) is 3.81. The number of hydrogen-bond acceptors (Lipinski definition) is 7. The molecule has 0 aliphatic carbocycles. The van der Waals surface area contributed by atoms with E-state index in [1.807, 2.05) is 12.1 Å². The van der Waals surface area contributed by atoms with E-state index in [-0.39, 0.29) is 0 Å². The predicted octanol–water partition coefficient (Wildman–Crippen LogP) is 3.87. The lowest BCUT2D eigenvalue weighted by atomic mass is 10.3. The number of halogens is 2. The van der Waals surface area contributed by atoms with Gasteiger partial charge < -0.3 is 10.2 Å². The molecule has 0 aromatic carbocycles. The first-order valence-corrected chi connectivity index (χ1v) is 10.3. The van der Waals surface area contributed by atoms with Crippen molar-refractivity contribution in [3.63, 3.8) is 0 Å². The van der Waals surface area contributed by atoms with Crippen LogP contribution in [0.1, 0.15) is 11.3 Å². The standard InChI is InChI=1S/C16H16ClIN6S/c17-14-6-12-13(8-19-14)21-16(24-4-3-10(9-24)23-18)22-15(12)20-7-11-2-1-5-25-11/h1-2,5-6,8,10,23H,3-4,7,9H2,(H,20,21,22). The Balaban J connectivity index is 1.69. The van der Waals surface area contributed by atoms with Crippen molar-refractivity contribution in [2.24, 2.45) is 0 Å². The van der Waals surface area contributed by atoms with Gasteiger partial charge in [0.2, 0.25) is 5.95 Å². The summed E-state index contributed by atoms with van der Waals surface area (Å²) in [5.74, 6) is 1.53. The molecule has 2 N–H and O–H groups in total. The van der Waals surface area contributed by atoms with E-state index in [1.165, 1.54) is 4.88 Å². The highest BCUT2D eigenvalue weighted by Crippen LogP contribution is 2.27. The Morgan fingerprint density at radius 2 is 2.32 bits per heavy atom. The van der Waals surface area contributed by atoms with Crippen LogP contribution in [-0.2, 0) is 6.54 Å². The summed E-state index contributed by atoms with van der Waals surface area (Å²) in [5, 5.41) is 6.84. The molecule has 25 heavy (non-hydrogen) atoms. The van der Waals surface area contributed by atoms with Crippen LogP contribution < -0.4 is 13.7 Å². The summed E-state index contributed by atoms with van der Waals surface area (Å²) in [6.45, 7) is 2.57. The van der Waals surface area contributed by atoms with Gasteiger partial charge in [-0.15, -0.1) is 11.3 Å². The van der Waals surface area contributed by atoms with Crippen LogP contribution in [0, 0.1) is 0 Å². The van der Waals surface area contributed by atoms with Crippen LogP contribution in [0.2, 0.25) is 5.15 Å². The molecule has 3 aromatic heterocycles. The molecule has 1 aliphatic rings. The summed E-state index contributed by atoms with van der Waals surface area (Å²) >= 11 is 10.0. The molecule has 1 unspecified atom stereocenters. The number of fused-ring (bicyclic) bond motifs is 1. The van der Waals surface area contributed by atoms with Crippen LogP contribution in [0.4, 0.5) is 11.8 Å². The van der Waals surface area contributed by atoms with Crippen LogP contribution in [0.25, 0.3) is 10.9 Å². The van der Waals surface area contributed by atoms with Crippen LogP contribution >= 0.6 is 45.8 Å². The van der Waals surface area contributed by atoms with Crippen molar-refractivity contribution in [2.75, 3.05) is 23.3 Å². The summed E-state index contributed by atoms with van der Waals surface area (Å²) in [6, 6.07) is 6.43. The average molecular weight is 487 g/mol. The minimum Gasteiger partial charge on any atom is -0.364 e. The Kier molecular flexibility index (Phi) is 5.20. The van der Waals surface area contributed by atoms with E-state index in [2.05, 4.69) is 53.0 Å². The van der Waals surface area contributed by atoms with E-state index in [0.717, 1.165) is 48.7 Å². The van der Waals surface area contributed by atoms with Crippen LogP contribution in [0.15, 0.2) is 29.8 Å². The molecule has 0 radical (unpaired) electrons. The molecule has 1 fully saturated rings. The third-order valence-electron chi connectivity index (χ3n) is 4.17. The quantitative estimate of drug-likeness (QED) is 0.324. The molecular formula is C16H16ClIN6S. The topological polar surface area (TPSA) is 66.0 Å². The zero-order chi connectivity index (χ0) is 17.2. The van der Waals surface area contributed by atoms with E-state index in [1.54, 1.807) is 17.5 Å². The molecule has 0 saturated carbocycles. The Morgan fingerprint density at radius 1 is 1.40 bits per heavy atom. The first-order valence-electron chi connectivity index (χ1n) is 7.93. The second kappa shape index (κ2) is 7.56. The Bertz CT molecular complexity index is 874. The molecule has 0 amide bonds. The predicted molar refractivity (Wildman–Crippen MR) is 112 cm³/mol. The van der Waals surface area contributed by atoms with Crippen molar-refractivity contribution in [1.82, 2.24) is 18.5 Å². The van der Waals surface area contributed by atoms with Crippen molar-refractivity contribution in [2.45, 2.75) is 19.0 Å². The monoisotopic (exact) mass is 486 g/mol. The first-order chi connectivity index (χ1) is 12.2. The lowest BCUT2D eigenvalue weighted by Crippen LogP contribution is -2.27. The van der Waals surface area contributed by atoms with E-state index >= 15 is 0 Å². The zero-order valence-electron chi connectivity index (χ0n) is 13.2. The number of nitrogens with one attached hydrogen (secondary N) is 2. The molecular weight excluding hydrogens is 471 g/mol. The fraction of sp³-hybridized carbons (Fsp3) is 0.312. The van der Waals surface area contributed by atoms with Gasteiger partial charge in [-0.2, -0.15) is 4.98 Å². The SMILES string of the molecule is Clc1cc2c(NCc3cccs3)nc(N3CCC(NI)C3)nc2cn1. The molecule has 3 aromatic rings. The van der Waals surface area contributed by atoms with Gasteiger partial charge in [0.1, 0.15) is 11.0 Å². The minimum atomic E-state index is 0.443. The van der Waals surface area contributed by atoms with Gasteiger partial charge in [0, 0.05) is 52.3 Å². The molecule has 4 rings (SSSR count). The van der Waals surface area contributed by atoms with E-state index in [9.17, 15) is 0 Å². The lowest BCUT2D eigenvalue weighted by Gasteiger charge is -2.18. The summed E-state index contributed by atoms with van der Waals surface area (Å²) in [4.78, 5) is 17.1. The zero-order valence-corrected chi connectivity index (χ0v) is 17.0. The van der Waals surface area contributed by atoms with Gasteiger partial charge in [0.05, 0.1) is 18.3 Å². The highest BCUT2D eigenvalue weighted by molar-refractivity contribution is 14.1. The normalized spacial score (nSPS) is 17.4. The van der Waals surface area contributed by atoms with Crippen molar-refractivity contribution < 1.29 is 0 Å². The smallest absolute Gasteiger partial charge is 0.228 e. The number of pyridine rings is 1. The number of hydrogen-bond donors (Lipinski definition) is 2. The van der Waals surface area contributed by atoms with Gasteiger partial charge in [0.25, 0.3) is 0 Å². The van der Waals surface area contributed by atoms with Gasteiger partial charge in [-0.3, -0.25) is 3.53 Å². The number of nitrogens with zero attached hydrogens (tertiary/aromatic N) is 4. The van der Waals surface area contributed by atoms with E-state index in [4.69, 9.17) is 21.6 Å². The Labute approximate surface area is 168 Å². The van der Waals surface area contributed by atoms with Gasteiger partial charge in [-0.05, 0) is 23.9 Å². The molecule has 4 heterocycles. The Morgan fingerprint density at radius 3 is 3.08 bits per heavy atom. The highest BCUT2D eigenvalue weighted by atomic mass is 127. The maximum absolute atomic E-state index is 6.08. The maximum atomic E-state index is 6.08. The summed E-state index contributed by atoms with van der Waals surface area (Å²) in [7, 11) is 0. The van der Waals surface area contributed by atoms with Crippen LogP contribution in [0.3, 0.4) is 0 Å². The molecule has 6 nitrogen and oxygen atoms in total. The number of rotatable bonds is 5. The van der Waals surface area contributed by atoms with Crippen LogP contribution in [-0.4, -0.2) is 34.1 Å². The van der Waals surface area contributed by atoms with Gasteiger partial charge >= 0.3 is 0 Å². The molecule has 9 heteroatoms. The number of thiophene rings is 1. The minimum absolute atomic E-state index is 0.443. The largest absolute Gasteiger partial charge is 0.364 e. The molecule has 1 saturated heterocycles. The van der Waals surface area contributed by atoms with Gasteiger partial charge in [-0.1, -0.05) is 17.7 Å². The number of anilines is 2. The van der Waals surface area contributed by atoms with E-state index in [0.29, 0.717) is 11.2 Å². The molecule has 0 spiro atoms. The Hall–Kier alpha value is -1.23. The molecule has 1 atom stereocenters. The second-order valence-corrected chi connectivity index (χ2v) is 7.91. The summed E-state index contributed by atoms with van der Waals surface area (Å²) < 4.78 is 3.30. The maximum Gasteiger partial charge on any atom is 0.228 e. The second-order valence-electron chi connectivity index (χ2n) is 5.87. The molecule has 0 bridgehead atoms. The van der Waals surface area contributed by atoms with Crippen molar-refractivity contribution in [3.05, 3.63) is 39.8 Å². The number of aromatic nitrogens is 3. The van der Waals surface area contributed by atoms with Crippen molar-refractivity contribution in [3.8, 4) is 0 Å². The molecule has 1 aliphatic heterocycles. The van der Waals surface area contributed by atoms with Crippen molar-refractivity contribution in [1.29, 1.82) is 0 Å². The third-order valence-corrected chi connectivity index (χ3v) is 6.14. The fourth-order valence-electron chi connectivity index (χ4n) is 2.89. The van der Waals surface area contributed by atoms with Gasteiger partial charge in [0.15, 0.2) is 0 Å². The summed E-state index contributed by atoms with van der Waals surface area (Å²) in [5.41, 5.74) is 0.800. The van der Waals surface area contributed by atoms with Crippen molar-refractivity contribution >= 4 is 68.5 Å². The summed E-state index contributed by atoms with van der Waals surface area (Å²) in [6.07, 6.45) is 2.80.